The lowest BCUT2D eigenvalue weighted by Gasteiger charge is -2.28. The van der Waals surface area contributed by atoms with Gasteiger partial charge in [0.2, 0.25) is 0 Å². The third kappa shape index (κ3) is 3.41. The lowest BCUT2D eigenvalue weighted by atomic mass is 10.0. The second-order valence-electron chi connectivity index (χ2n) is 5.17. The van der Waals surface area contributed by atoms with Crippen molar-refractivity contribution in [1.82, 2.24) is 0 Å². The Hall–Kier alpha value is -0.640. The van der Waals surface area contributed by atoms with Crippen LogP contribution in [0.4, 0.5) is 5.69 Å². The van der Waals surface area contributed by atoms with Crippen LogP contribution in [0.2, 0.25) is 5.02 Å². The maximum atomic E-state index is 6.18. The summed E-state index contributed by atoms with van der Waals surface area (Å²) in [4.78, 5) is 1.35. The number of hydrogen-bond acceptors (Lipinski definition) is 2. The molecule has 0 aliphatic carbocycles. The highest BCUT2D eigenvalue weighted by molar-refractivity contribution is 9.10. The predicted molar refractivity (Wildman–Crippen MR) is 96.7 cm³/mol. The molecular weight excluding hydrogens is 366 g/mol. The van der Waals surface area contributed by atoms with Crippen LogP contribution in [0.3, 0.4) is 0 Å². The highest BCUT2D eigenvalue weighted by atomic mass is 79.9. The molecule has 1 atom stereocenters. The first-order valence-electron chi connectivity index (χ1n) is 7.14. The Balaban J connectivity index is 1.92. The molecule has 0 fully saturated rings. The second-order valence-corrected chi connectivity index (χ2v) is 7.66. The third-order valence-electron chi connectivity index (χ3n) is 3.79. The normalized spacial score (nSPS) is 17.4. The van der Waals surface area contributed by atoms with E-state index < -0.39 is 0 Å². The number of rotatable bonds is 3. The summed E-state index contributed by atoms with van der Waals surface area (Å²) in [5.74, 6) is 1.14. The summed E-state index contributed by atoms with van der Waals surface area (Å²) in [6.45, 7) is 2.19. The van der Waals surface area contributed by atoms with Crippen LogP contribution in [0.1, 0.15) is 30.5 Å². The molecule has 0 amide bonds. The van der Waals surface area contributed by atoms with E-state index in [2.05, 4.69) is 58.5 Å². The number of thioether (sulfide) groups is 1. The number of nitrogens with one attached hydrogen (secondary N) is 1. The fourth-order valence-corrected chi connectivity index (χ4v) is 4.39. The first kappa shape index (κ1) is 15.3. The summed E-state index contributed by atoms with van der Waals surface area (Å²) in [5, 5.41) is 4.53. The molecule has 1 heterocycles. The Morgan fingerprint density at radius 2 is 2.14 bits per heavy atom. The quantitative estimate of drug-likeness (QED) is 0.667. The van der Waals surface area contributed by atoms with Crippen molar-refractivity contribution in [2.45, 2.75) is 30.7 Å². The van der Waals surface area contributed by atoms with Gasteiger partial charge in [-0.05, 0) is 60.4 Å². The number of aryl methyl sites for hydroxylation is 1. The lowest BCUT2D eigenvalue weighted by molar-refractivity contribution is 0.727. The van der Waals surface area contributed by atoms with E-state index in [1.54, 1.807) is 0 Å². The van der Waals surface area contributed by atoms with Gasteiger partial charge in [0, 0.05) is 25.8 Å². The van der Waals surface area contributed by atoms with E-state index in [0.29, 0.717) is 6.04 Å². The van der Waals surface area contributed by atoms with Crippen molar-refractivity contribution in [2.24, 2.45) is 0 Å². The number of hydrogen-bond donors (Lipinski definition) is 1. The monoisotopic (exact) mass is 381 g/mol. The minimum Gasteiger partial charge on any atom is -0.378 e. The first-order chi connectivity index (χ1) is 10.2. The predicted octanol–water partition coefficient (Wildman–Crippen LogP) is 6.31. The Morgan fingerprint density at radius 3 is 2.95 bits per heavy atom. The molecule has 110 valence electrons. The van der Waals surface area contributed by atoms with E-state index in [4.69, 9.17) is 11.6 Å². The molecule has 3 rings (SSSR count). The van der Waals surface area contributed by atoms with E-state index >= 15 is 0 Å². The van der Waals surface area contributed by atoms with Crippen LogP contribution in [-0.2, 0) is 6.42 Å². The molecule has 1 nitrogen and oxygen atoms in total. The minimum atomic E-state index is 0.339. The highest BCUT2D eigenvalue weighted by Gasteiger charge is 2.21. The first-order valence-corrected chi connectivity index (χ1v) is 9.30. The van der Waals surface area contributed by atoms with Crippen LogP contribution in [0.25, 0.3) is 0 Å². The second kappa shape index (κ2) is 6.64. The number of benzene rings is 2. The molecule has 0 radical (unpaired) electrons. The van der Waals surface area contributed by atoms with Crippen LogP contribution in [0.15, 0.2) is 45.8 Å². The highest BCUT2D eigenvalue weighted by Crippen LogP contribution is 2.39. The molecule has 0 saturated heterocycles. The van der Waals surface area contributed by atoms with Gasteiger partial charge in [-0.15, -0.1) is 11.8 Å². The SMILES string of the molecule is CCc1cc(Br)ccc1NC1CCSc2ccc(Cl)cc21. The average Bonchev–Trinajstić information content (AvgIpc) is 2.49. The van der Waals surface area contributed by atoms with Crippen molar-refractivity contribution >= 4 is 45.0 Å². The van der Waals surface area contributed by atoms with Gasteiger partial charge < -0.3 is 5.32 Å². The molecule has 4 heteroatoms. The van der Waals surface area contributed by atoms with Gasteiger partial charge in [-0.2, -0.15) is 0 Å². The minimum absolute atomic E-state index is 0.339. The molecule has 0 spiro atoms. The van der Waals surface area contributed by atoms with Gasteiger partial charge >= 0.3 is 0 Å². The topological polar surface area (TPSA) is 12.0 Å². The average molecular weight is 383 g/mol. The van der Waals surface area contributed by atoms with Crippen molar-refractivity contribution in [3.8, 4) is 0 Å². The van der Waals surface area contributed by atoms with E-state index in [-0.39, 0.29) is 0 Å². The number of fused-ring (bicyclic) bond motifs is 1. The Morgan fingerprint density at radius 1 is 1.29 bits per heavy atom. The maximum Gasteiger partial charge on any atom is 0.0533 e. The number of halogens is 2. The van der Waals surface area contributed by atoms with E-state index in [9.17, 15) is 0 Å². The van der Waals surface area contributed by atoms with Gasteiger partial charge in [-0.25, -0.2) is 0 Å². The van der Waals surface area contributed by atoms with E-state index in [1.165, 1.54) is 21.7 Å². The van der Waals surface area contributed by atoms with Gasteiger partial charge in [0.15, 0.2) is 0 Å². The van der Waals surface area contributed by atoms with Crippen LogP contribution in [0, 0.1) is 0 Å². The molecule has 1 N–H and O–H groups in total. The largest absolute Gasteiger partial charge is 0.378 e. The Labute approximate surface area is 143 Å². The van der Waals surface area contributed by atoms with Crippen LogP contribution in [-0.4, -0.2) is 5.75 Å². The molecule has 0 saturated carbocycles. The van der Waals surface area contributed by atoms with Gasteiger partial charge in [0.05, 0.1) is 6.04 Å². The zero-order valence-electron chi connectivity index (χ0n) is 11.8. The van der Waals surface area contributed by atoms with Crippen LogP contribution >= 0.6 is 39.3 Å². The molecule has 1 aliphatic rings. The zero-order chi connectivity index (χ0) is 14.8. The molecule has 1 aliphatic heterocycles. The van der Waals surface area contributed by atoms with Crippen molar-refractivity contribution in [3.63, 3.8) is 0 Å². The molecular formula is C17H17BrClNS. The summed E-state index contributed by atoms with van der Waals surface area (Å²) >= 11 is 11.6. The Bertz CT molecular complexity index is 659. The van der Waals surface area contributed by atoms with Gasteiger partial charge in [-0.3, -0.25) is 0 Å². The van der Waals surface area contributed by atoms with Crippen molar-refractivity contribution in [3.05, 3.63) is 57.0 Å². The van der Waals surface area contributed by atoms with E-state index in [0.717, 1.165) is 28.1 Å². The van der Waals surface area contributed by atoms with Crippen molar-refractivity contribution < 1.29 is 0 Å². The maximum absolute atomic E-state index is 6.18. The Kier molecular flexibility index (Phi) is 4.82. The molecule has 2 aromatic rings. The third-order valence-corrected chi connectivity index (χ3v) is 5.64. The van der Waals surface area contributed by atoms with Gasteiger partial charge in [0.1, 0.15) is 0 Å². The number of anilines is 1. The standard InChI is InChI=1S/C17H17BrClNS/c1-2-11-9-12(18)3-5-15(11)20-16-7-8-21-17-6-4-13(19)10-14(16)17/h3-6,9-10,16,20H,2,7-8H2,1H3. The summed E-state index contributed by atoms with van der Waals surface area (Å²) in [6.07, 6.45) is 2.14. The van der Waals surface area contributed by atoms with Crippen LogP contribution < -0.4 is 5.32 Å². The molecule has 0 aromatic heterocycles. The fourth-order valence-electron chi connectivity index (χ4n) is 2.70. The van der Waals surface area contributed by atoms with Gasteiger partial charge in [0.25, 0.3) is 0 Å². The zero-order valence-corrected chi connectivity index (χ0v) is 15.0. The smallest absolute Gasteiger partial charge is 0.0533 e. The molecule has 21 heavy (non-hydrogen) atoms. The van der Waals surface area contributed by atoms with Gasteiger partial charge in [-0.1, -0.05) is 34.5 Å². The molecule has 1 unspecified atom stereocenters. The molecule has 0 bridgehead atoms. The lowest BCUT2D eigenvalue weighted by Crippen LogP contribution is -2.17. The summed E-state index contributed by atoms with van der Waals surface area (Å²) in [5.41, 5.74) is 3.89. The summed E-state index contributed by atoms with van der Waals surface area (Å²) in [6, 6.07) is 13.0. The van der Waals surface area contributed by atoms with E-state index in [1.807, 2.05) is 17.8 Å². The van der Waals surface area contributed by atoms with Crippen molar-refractivity contribution in [2.75, 3.05) is 11.1 Å². The summed E-state index contributed by atoms with van der Waals surface area (Å²) in [7, 11) is 0. The van der Waals surface area contributed by atoms with Crippen molar-refractivity contribution in [1.29, 1.82) is 0 Å². The fraction of sp³-hybridized carbons (Fsp3) is 0.294. The van der Waals surface area contributed by atoms with Crippen LogP contribution in [0.5, 0.6) is 0 Å². The molecule has 2 aromatic carbocycles. The summed E-state index contributed by atoms with van der Waals surface area (Å²) < 4.78 is 1.13.